The van der Waals surface area contributed by atoms with Crippen LogP contribution >= 0.6 is 0 Å². The van der Waals surface area contributed by atoms with Crippen molar-refractivity contribution in [2.45, 2.75) is 19.6 Å². The monoisotopic (exact) mass is 357 g/mol. The fourth-order valence-corrected chi connectivity index (χ4v) is 2.30. The highest BCUT2D eigenvalue weighted by Crippen LogP contribution is 2.24. The first-order chi connectivity index (χ1) is 12.3. The number of cyclic esters (lactones) is 2. The van der Waals surface area contributed by atoms with Crippen LogP contribution in [0.1, 0.15) is 24.3 Å². The molecule has 26 heavy (non-hydrogen) atoms. The number of nitrogens with one attached hydrogen (secondary N) is 1. The number of hydrogen-bond acceptors (Lipinski definition) is 7. The fourth-order valence-electron chi connectivity index (χ4n) is 2.30. The molecule has 134 valence electrons. The molecule has 1 aromatic carbocycles. The van der Waals surface area contributed by atoms with Crippen molar-refractivity contribution in [3.05, 3.63) is 54.0 Å². The maximum Gasteiger partial charge on any atom is 0.356 e. The predicted molar refractivity (Wildman–Crippen MR) is 88.5 cm³/mol. The molecule has 0 atom stereocenters. The number of para-hydroxylation sites is 2. The van der Waals surface area contributed by atoms with Crippen LogP contribution < -0.4 is 5.32 Å². The van der Waals surface area contributed by atoms with Crippen molar-refractivity contribution in [3.8, 4) is 5.69 Å². The number of aromatic carboxylic acids is 1. The lowest BCUT2D eigenvalue weighted by Crippen LogP contribution is -2.42. The van der Waals surface area contributed by atoms with Crippen molar-refractivity contribution >= 4 is 23.6 Å². The van der Waals surface area contributed by atoms with Gasteiger partial charge in [-0.1, -0.05) is 12.1 Å². The van der Waals surface area contributed by atoms with E-state index in [0.717, 1.165) is 0 Å². The summed E-state index contributed by atoms with van der Waals surface area (Å²) < 4.78 is 11.4. The van der Waals surface area contributed by atoms with Crippen LogP contribution in [0.25, 0.3) is 5.69 Å². The van der Waals surface area contributed by atoms with E-state index in [1.807, 2.05) is 0 Å². The van der Waals surface area contributed by atoms with Gasteiger partial charge >= 0.3 is 17.9 Å². The normalized spacial score (nSPS) is 15.8. The Kier molecular flexibility index (Phi) is 4.21. The number of carboxylic acid groups (broad SMARTS) is 1. The molecule has 0 radical (unpaired) electrons. The molecule has 9 nitrogen and oxygen atoms in total. The van der Waals surface area contributed by atoms with Gasteiger partial charge in [0, 0.05) is 26.2 Å². The van der Waals surface area contributed by atoms with Gasteiger partial charge in [0.15, 0.2) is 11.3 Å². The number of carbonyl (C=O) groups is 3. The van der Waals surface area contributed by atoms with Crippen LogP contribution in [-0.2, 0) is 19.1 Å². The number of hydrogen-bond donors (Lipinski definition) is 2. The summed E-state index contributed by atoms with van der Waals surface area (Å²) in [6, 6.07) is 8.20. The molecule has 0 unspecified atom stereocenters. The van der Waals surface area contributed by atoms with Gasteiger partial charge in [0.1, 0.15) is 0 Å². The van der Waals surface area contributed by atoms with Gasteiger partial charge in [0.25, 0.3) is 5.79 Å². The highest BCUT2D eigenvalue weighted by molar-refractivity contribution is 6.15. The number of aromatic nitrogens is 2. The minimum absolute atomic E-state index is 0.111. The lowest BCUT2D eigenvalue weighted by molar-refractivity contribution is -0.222. The summed E-state index contributed by atoms with van der Waals surface area (Å²) >= 11 is 0. The number of benzene rings is 1. The van der Waals surface area contributed by atoms with Crippen LogP contribution in [0.5, 0.6) is 0 Å². The van der Waals surface area contributed by atoms with Gasteiger partial charge < -0.3 is 19.9 Å². The van der Waals surface area contributed by atoms with Crippen LogP contribution in [0.3, 0.4) is 0 Å². The first-order valence-corrected chi connectivity index (χ1v) is 7.58. The Balaban J connectivity index is 1.88. The van der Waals surface area contributed by atoms with Crippen LogP contribution in [0.4, 0.5) is 5.69 Å². The Morgan fingerprint density at radius 1 is 1.19 bits per heavy atom. The molecule has 1 aromatic heterocycles. The fraction of sp³-hybridized carbons (Fsp3) is 0.176. The molecule has 2 N–H and O–H groups in total. The van der Waals surface area contributed by atoms with Gasteiger partial charge in [0.2, 0.25) is 0 Å². The number of nitrogens with zero attached hydrogens (tertiary/aromatic N) is 2. The van der Waals surface area contributed by atoms with Gasteiger partial charge in [-0.3, -0.25) is 0 Å². The van der Waals surface area contributed by atoms with E-state index in [2.05, 4.69) is 10.4 Å². The number of carboxylic acids is 1. The number of esters is 2. The van der Waals surface area contributed by atoms with Gasteiger partial charge in [-0.15, -0.1) is 0 Å². The van der Waals surface area contributed by atoms with Crippen LogP contribution in [0.15, 0.2) is 48.3 Å². The number of anilines is 1. The zero-order valence-electron chi connectivity index (χ0n) is 13.9. The molecular weight excluding hydrogens is 342 g/mol. The van der Waals surface area contributed by atoms with E-state index >= 15 is 0 Å². The van der Waals surface area contributed by atoms with E-state index in [4.69, 9.17) is 14.6 Å². The van der Waals surface area contributed by atoms with Gasteiger partial charge in [0.05, 0.1) is 11.4 Å². The molecule has 1 saturated heterocycles. The summed E-state index contributed by atoms with van der Waals surface area (Å²) in [7, 11) is 0. The van der Waals surface area contributed by atoms with Gasteiger partial charge in [-0.05, 0) is 18.2 Å². The van der Waals surface area contributed by atoms with Crippen molar-refractivity contribution in [2.75, 3.05) is 5.32 Å². The molecule has 0 aliphatic carbocycles. The van der Waals surface area contributed by atoms with E-state index < -0.39 is 23.7 Å². The number of carbonyl (C=O) groups excluding carboxylic acids is 2. The van der Waals surface area contributed by atoms with E-state index in [0.29, 0.717) is 11.4 Å². The van der Waals surface area contributed by atoms with Crippen molar-refractivity contribution in [2.24, 2.45) is 0 Å². The molecule has 0 amide bonds. The van der Waals surface area contributed by atoms with Crippen molar-refractivity contribution in [3.63, 3.8) is 0 Å². The highest BCUT2D eigenvalue weighted by Gasteiger charge is 2.38. The first kappa shape index (κ1) is 17.2. The Morgan fingerprint density at radius 2 is 1.85 bits per heavy atom. The lowest BCUT2D eigenvalue weighted by Gasteiger charge is -2.29. The zero-order valence-corrected chi connectivity index (χ0v) is 13.9. The minimum atomic E-state index is -1.31. The largest absolute Gasteiger partial charge is 0.476 e. The van der Waals surface area contributed by atoms with Crippen LogP contribution in [0.2, 0.25) is 0 Å². The smallest absolute Gasteiger partial charge is 0.356 e. The first-order valence-electron chi connectivity index (χ1n) is 7.58. The second-order valence-corrected chi connectivity index (χ2v) is 5.85. The third-order valence-corrected chi connectivity index (χ3v) is 3.45. The Bertz CT molecular complexity index is 906. The maximum absolute atomic E-state index is 12.0. The summed E-state index contributed by atoms with van der Waals surface area (Å²) in [5.41, 5.74) is 0.617. The molecule has 0 spiro atoms. The summed E-state index contributed by atoms with van der Waals surface area (Å²) in [4.78, 5) is 34.9. The summed E-state index contributed by atoms with van der Waals surface area (Å²) in [6.45, 7) is 2.92. The average molecular weight is 357 g/mol. The molecule has 1 fully saturated rings. The Morgan fingerprint density at radius 3 is 2.46 bits per heavy atom. The molecule has 3 rings (SSSR count). The van der Waals surface area contributed by atoms with E-state index in [9.17, 15) is 14.4 Å². The Labute approximate surface area is 147 Å². The standard InChI is InChI=1S/C17H15N3O6/c1-17(2)25-15(23)10(16(24)26-17)9-18-11-5-3-4-6-13(11)20-8-7-12(19-20)14(21)22/h3-9,18H,1-2H3,(H,21,22). The predicted octanol–water partition coefficient (Wildman–Crippen LogP) is 1.70. The number of rotatable bonds is 4. The SMILES string of the molecule is CC1(C)OC(=O)C(=CNc2ccccc2-n2ccc(C(=O)O)n2)C(=O)O1. The Hall–Kier alpha value is -3.62. The molecule has 0 saturated carbocycles. The van der Waals surface area contributed by atoms with Crippen molar-refractivity contribution in [1.82, 2.24) is 9.78 Å². The molecule has 1 aliphatic heterocycles. The summed E-state index contributed by atoms with van der Waals surface area (Å²) in [5.74, 6) is -4.07. The molecule has 2 aromatic rings. The lowest BCUT2D eigenvalue weighted by atomic mass is 10.2. The van der Waals surface area contributed by atoms with Crippen LogP contribution in [-0.4, -0.2) is 38.6 Å². The minimum Gasteiger partial charge on any atom is -0.476 e. The highest BCUT2D eigenvalue weighted by atomic mass is 16.7. The summed E-state index contributed by atoms with van der Waals surface area (Å²) in [6.07, 6.45) is 2.67. The second kappa shape index (κ2) is 6.36. The van der Waals surface area contributed by atoms with Crippen LogP contribution in [0, 0.1) is 0 Å². The zero-order chi connectivity index (χ0) is 18.9. The van der Waals surface area contributed by atoms with Gasteiger partial charge in [-0.2, -0.15) is 5.10 Å². The van der Waals surface area contributed by atoms with Gasteiger partial charge in [-0.25, -0.2) is 19.1 Å². The number of ether oxygens (including phenoxy) is 2. The topological polar surface area (TPSA) is 120 Å². The third-order valence-electron chi connectivity index (χ3n) is 3.45. The molecule has 2 heterocycles. The molecular formula is C17H15N3O6. The maximum atomic E-state index is 12.0. The van der Waals surface area contributed by atoms with Crippen molar-refractivity contribution < 1.29 is 29.0 Å². The van der Waals surface area contributed by atoms with E-state index in [-0.39, 0.29) is 11.3 Å². The van der Waals surface area contributed by atoms with E-state index in [1.165, 1.54) is 37.0 Å². The van der Waals surface area contributed by atoms with Crippen molar-refractivity contribution in [1.29, 1.82) is 0 Å². The third kappa shape index (κ3) is 3.41. The molecule has 0 bridgehead atoms. The summed E-state index contributed by atoms with van der Waals surface area (Å²) in [5, 5.41) is 15.8. The second-order valence-electron chi connectivity index (χ2n) is 5.85. The molecule has 9 heteroatoms. The molecule has 1 aliphatic rings. The van der Waals surface area contributed by atoms with E-state index in [1.54, 1.807) is 24.3 Å². The average Bonchev–Trinajstić information content (AvgIpc) is 3.03. The quantitative estimate of drug-likeness (QED) is 0.482.